The quantitative estimate of drug-likeness (QED) is 0.616. The first-order valence-corrected chi connectivity index (χ1v) is 10.0. The SMILES string of the molecule is COc1ccc(S(=O)(=O)NNC(=O)c2ccc(-c3ccc(F)cc3)s2)cc1. The average molecular weight is 406 g/mol. The highest BCUT2D eigenvalue weighted by Gasteiger charge is 2.17. The van der Waals surface area contributed by atoms with Crippen LogP contribution in [0.15, 0.2) is 65.6 Å². The van der Waals surface area contributed by atoms with E-state index in [1.807, 2.05) is 0 Å². The van der Waals surface area contributed by atoms with Crippen LogP contribution in [0.2, 0.25) is 0 Å². The smallest absolute Gasteiger partial charge is 0.276 e. The van der Waals surface area contributed by atoms with E-state index >= 15 is 0 Å². The van der Waals surface area contributed by atoms with Gasteiger partial charge in [-0.3, -0.25) is 10.2 Å². The van der Waals surface area contributed by atoms with Crippen molar-refractivity contribution in [3.8, 4) is 16.2 Å². The summed E-state index contributed by atoms with van der Waals surface area (Å²) in [5.74, 6) is -0.420. The normalized spacial score (nSPS) is 11.2. The Hall–Kier alpha value is -2.75. The second-order valence-electron chi connectivity index (χ2n) is 5.41. The maximum atomic E-state index is 13.0. The Morgan fingerprint density at radius 1 is 1.00 bits per heavy atom. The van der Waals surface area contributed by atoms with Crippen LogP contribution in [0.5, 0.6) is 5.75 Å². The second kappa shape index (κ2) is 7.87. The summed E-state index contributed by atoms with van der Waals surface area (Å²) < 4.78 is 42.4. The molecule has 0 saturated heterocycles. The van der Waals surface area contributed by atoms with E-state index in [0.717, 1.165) is 10.4 Å². The van der Waals surface area contributed by atoms with Crippen molar-refractivity contribution < 1.29 is 22.3 Å². The molecule has 3 rings (SSSR count). The van der Waals surface area contributed by atoms with Crippen molar-refractivity contribution in [2.24, 2.45) is 0 Å². The topological polar surface area (TPSA) is 84.5 Å². The molecule has 0 spiro atoms. The standard InChI is InChI=1S/C18H15FN2O4S2/c1-25-14-6-8-15(9-7-14)27(23,24)21-20-18(22)17-11-10-16(26-17)12-2-4-13(19)5-3-12/h2-11,21H,1H3,(H,20,22). The number of carbonyl (C=O) groups excluding carboxylic acids is 1. The number of halogens is 1. The summed E-state index contributed by atoms with van der Waals surface area (Å²) in [5, 5.41) is 0. The molecule has 6 nitrogen and oxygen atoms in total. The van der Waals surface area contributed by atoms with E-state index in [1.165, 1.54) is 54.8 Å². The van der Waals surface area contributed by atoms with Gasteiger partial charge in [-0.15, -0.1) is 16.2 Å². The number of carbonyl (C=O) groups is 1. The fourth-order valence-corrected chi connectivity index (χ4v) is 3.96. The first-order chi connectivity index (χ1) is 12.9. The fourth-order valence-electron chi connectivity index (χ4n) is 2.22. The van der Waals surface area contributed by atoms with Crippen LogP contribution in [0.4, 0.5) is 4.39 Å². The number of hydrogen-bond acceptors (Lipinski definition) is 5. The van der Waals surface area contributed by atoms with Crippen molar-refractivity contribution in [2.75, 3.05) is 7.11 Å². The molecule has 3 aromatic rings. The summed E-state index contributed by atoms with van der Waals surface area (Å²) in [6, 6.07) is 14.9. The van der Waals surface area contributed by atoms with Gasteiger partial charge in [-0.25, -0.2) is 12.8 Å². The first kappa shape index (κ1) is 19.0. The first-order valence-electron chi connectivity index (χ1n) is 7.71. The lowest BCUT2D eigenvalue weighted by Crippen LogP contribution is -2.41. The molecular formula is C18H15FN2O4S2. The van der Waals surface area contributed by atoms with Crippen molar-refractivity contribution in [2.45, 2.75) is 4.90 Å². The number of nitrogens with one attached hydrogen (secondary N) is 2. The van der Waals surface area contributed by atoms with Crippen LogP contribution >= 0.6 is 11.3 Å². The van der Waals surface area contributed by atoms with Crippen LogP contribution in [0.25, 0.3) is 10.4 Å². The zero-order valence-corrected chi connectivity index (χ0v) is 15.7. The molecule has 0 fully saturated rings. The van der Waals surface area contributed by atoms with E-state index in [9.17, 15) is 17.6 Å². The molecule has 0 radical (unpaired) electrons. The van der Waals surface area contributed by atoms with Gasteiger partial charge in [0.2, 0.25) is 0 Å². The zero-order chi connectivity index (χ0) is 19.4. The van der Waals surface area contributed by atoms with Gasteiger partial charge in [0.15, 0.2) is 0 Å². The number of rotatable bonds is 6. The summed E-state index contributed by atoms with van der Waals surface area (Å²) in [7, 11) is -2.44. The Kier molecular flexibility index (Phi) is 5.54. The highest BCUT2D eigenvalue weighted by Crippen LogP contribution is 2.28. The molecule has 0 unspecified atom stereocenters. The molecule has 140 valence electrons. The number of benzene rings is 2. The summed E-state index contributed by atoms with van der Waals surface area (Å²) in [4.78, 5) is 15.3. The Bertz CT molecular complexity index is 1050. The van der Waals surface area contributed by atoms with E-state index in [4.69, 9.17) is 4.74 Å². The fraction of sp³-hybridized carbons (Fsp3) is 0.0556. The van der Waals surface area contributed by atoms with Crippen LogP contribution in [0.1, 0.15) is 9.67 Å². The molecule has 2 N–H and O–H groups in total. The molecule has 1 heterocycles. The number of hydrogen-bond donors (Lipinski definition) is 2. The minimum atomic E-state index is -3.91. The minimum Gasteiger partial charge on any atom is -0.497 e. The molecule has 0 saturated carbocycles. The molecule has 0 aliphatic carbocycles. The Morgan fingerprint density at radius 2 is 1.67 bits per heavy atom. The predicted molar refractivity (Wildman–Crippen MR) is 100 cm³/mol. The average Bonchev–Trinajstić information content (AvgIpc) is 3.17. The number of hydrazine groups is 1. The third-order valence-corrected chi connectivity index (χ3v) is 6.02. The summed E-state index contributed by atoms with van der Waals surface area (Å²) >= 11 is 1.17. The predicted octanol–water partition coefficient (Wildman–Crippen LogP) is 3.19. The summed E-state index contributed by atoms with van der Waals surface area (Å²) in [6.45, 7) is 0. The number of thiophene rings is 1. The van der Waals surface area contributed by atoms with Crippen LogP contribution < -0.4 is 15.0 Å². The van der Waals surface area contributed by atoms with Crippen molar-refractivity contribution in [1.82, 2.24) is 10.3 Å². The molecule has 0 aliphatic heterocycles. The van der Waals surface area contributed by atoms with Crippen LogP contribution in [0.3, 0.4) is 0 Å². The number of ether oxygens (including phenoxy) is 1. The number of amides is 1. The third kappa shape index (κ3) is 4.51. The van der Waals surface area contributed by atoms with Crippen molar-refractivity contribution >= 4 is 27.3 Å². The van der Waals surface area contributed by atoms with Gasteiger partial charge < -0.3 is 4.74 Å². The maximum absolute atomic E-state index is 13.0. The largest absolute Gasteiger partial charge is 0.497 e. The van der Waals surface area contributed by atoms with Crippen LogP contribution in [-0.4, -0.2) is 21.4 Å². The van der Waals surface area contributed by atoms with Gasteiger partial charge in [0.25, 0.3) is 15.9 Å². The van der Waals surface area contributed by atoms with E-state index in [-0.39, 0.29) is 10.7 Å². The Balaban J connectivity index is 1.67. The van der Waals surface area contributed by atoms with Crippen LogP contribution in [0, 0.1) is 5.82 Å². The lowest BCUT2D eigenvalue weighted by molar-refractivity contribution is 0.0949. The summed E-state index contributed by atoms with van der Waals surface area (Å²) in [6.07, 6.45) is 0. The molecule has 0 bridgehead atoms. The zero-order valence-electron chi connectivity index (χ0n) is 14.1. The van der Waals surface area contributed by atoms with Gasteiger partial charge in [-0.2, -0.15) is 0 Å². The van der Waals surface area contributed by atoms with E-state index in [1.54, 1.807) is 24.3 Å². The Morgan fingerprint density at radius 3 is 2.30 bits per heavy atom. The summed E-state index contributed by atoms with van der Waals surface area (Å²) in [5.41, 5.74) is 2.95. The van der Waals surface area contributed by atoms with Crippen molar-refractivity contribution in [3.63, 3.8) is 0 Å². The molecule has 1 amide bonds. The van der Waals surface area contributed by atoms with E-state index in [0.29, 0.717) is 10.6 Å². The molecular weight excluding hydrogens is 391 g/mol. The number of sulfonamides is 1. The lowest BCUT2D eigenvalue weighted by Gasteiger charge is -2.08. The highest BCUT2D eigenvalue weighted by atomic mass is 32.2. The molecule has 2 aromatic carbocycles. The van der Waals surface area contributed by atoms with Crippen molar-refractivity contribution in [1.29, 1.82) is 0 Å². The van der Waals surface area contributed by atoms with E-state index in [2.05, 4.69) is 10.3 Å². The third-order valence-electron chi connectivity index (χ3n) is 3.63. The van der Waals surface area contributed by atoms with E-state index < -0.39 is 15.9 Å². The van der Waals surface area contributed by atoms with Gasteiger partial charge in [-0.1, -0.05) is 12.1 Å². The molecule has 9 heteroatoms. The number of methoxy groups -OCH3 is 1. The molecule has 0 atom stereocenters. The molecule has 1 aromatic heterocycles. The van der Waals surface area contributed by atoms with Gasteiger partial charge in [0, 0.05) is 4.88 Å². The van der Waals surface area contributed by atoms with Gasteiger partial charge in [-0.05, 0) is 54.1 Å². The van der Waals surface area contributed by atoms with Gasteiger partial charge >= 0.3 is 0 Å². The van der Waals surface area contributed by atoms with Gasteiger partial charge in [0.05, 0.1) is 16.9 Å². The molecule has 27 heavy (non-hydrogen) atoms. The lowest BCUT2D eigenvalue weighted by atomic mass is 10.2. The van der Waals surface area contributed by atoms with Crippen molar-refractivity contribution in [3.05, 3.63) is 71.4 Å². The Labute approximate surface area is 159 Å². The highest BCUT2D eigenvalue weighted by molar-refractivity contribution is 7.89. The maximum Gasteiger partial charge on any atom is 0.276 e. The second-order valence-corrected chi connectivity index (χ2v) is 8.17. The van der Waals surface area contributed by atoms with Crippen LogP contribution in [-0.2, 0) is 10.0 Å². The molecule has 0 aliphatic rings. The monoisotopic (exact) mass is 406 g/mol. The van der Waals surface area contributed by atoms with Gasteiger partial charge in [0.1, 0.15) is 11.6 Å². The minimum absolute atomic E-state index is 0.0122.